The van der Waals surface area contributed by atoms with Crippen molar-refractivity contribution in [3.8, 4) is 5.75 Å². The summed E-state index contributed by atoms with van der Waals surface area (Å²) >= 11 is 3.14. The van der Waals surface area contributed by atoms with Crippen LogP contribution in [0, 0.1) is 0 Å². The lowest BCUT2D eigenvalue weighted by Crippen LogP contribution is -2.16. The van der Waals surface area contributed by atoms with Crippen molar-refractivity contribution >= 4 is 15.9 Å². The van der Waals surface area contributed by atoms with Gasteiger partial charge in [-0.05, 0) is 24.6 Å². The lowest BCUT2D eigenvalue weighted by atomic mass is 10.0. The second-order valence-electron chi connectivity index (χ2n) is 3.06. The molecule has 1 aromatic rings. The third-order valence-corrected chi connectivity index (χ3v) is 2.98. The van der Waals surface area contributed by atoms with Crippen LogP contribution < -0.4 is 4.74 Å². The Morgan fingerprint density at radius 3 is 2.77 bits per heavy atom. The molecule has 0 heterocycles. The number of hydrogen-bond donors (Lipinski definition) is 0. The van der Waals surface area contributed by atoms with E-state index >= 15 is 0 Å². The van der Waals surface area contributed by atoms with Crippen molar-refractivity contribution < 1.29 is 9.13 Å². The first-order chi connectivity index (χ1) is 6.10. The molecule has 1 rings (SSSR count). The topological polar surface area (TPSA) is 9.23 Å². The summed E-state index contributed by atoms with van der Waals surface area (Å²) in [5, 5.41) is 0.285. The Morgan fingerprint density at radius 1 is 1.54 bits per heavy atom. The predicted molar refractivity (Wildman–Crippen MR) is 55.2 cm³/mol. The molecule has 0 saturated carbocycles. The largest absolute Gasteiger partial charge is 0.497 e. The van der Waals surface area contributed by atoms with Gasteiger partial charge in [-0.1, -0.05) is 28.1 Å². The molecular weight excluding hydrogens is 235 g/mol. The molecule has 0 amide bonds. The smallest absolute Gasteiger partial charge is 0.143 e. The van der Waals surface area contributed by atoms with Crippen molar-refractivity contribution in [2.45, 2.75) is 12.6 Å². The van der Waals surface area contributed by atoms with E-state index in [4.69, 9.17) is 4.74 Å². The Labute approximate surface area is 86.0 Å². The van der Waals surface area contributed by atoms with Crippen LogP contribution in [0.25, 0.3) is 0 Å². The fraction of sp³-hybridized carbons (Fsp3) is 0.400. The number of benzene rings is 1. The van der Waals surface area contributed by atoms with Crippen LogP contribution in [0.4, 0.5) is 4.39 Å². The maximum Gasteiger partial charge on any atom is 0.143 e. The summed E-state index contributed by atoms with van der Waals surface area (Å²) in [4.78, 5) is 0. The van der Waals surface area contributed by atoms with Gasteiger partial charge in [0.15, 0.2) is 0 Å². The number of methoxy groups -OCH3 is 1. The molecule has 1 atom stereocenters. The Morgan fingerprint density at radius 2 is 2.23 bits per heavy atom. The van der Waals surface area contributed by atoms with E-state index in [1.807, 2.05) is 0 Å². The third kappa shape index (κ3) is 2.44. The summed E-state index contributed by atoms with van der Waals surface area (Å²) in [5.41, 5.74) is -0.710. The molecular formula is C10H12BrFO. The van der Waals surface area contributed by atoms with Crippen molar-refractivity contribution in [1.29, 1.82) is 0 Å². The number of rotatable bonds is 3. The fourth-order valence-corrected chi connectivity index (χ4v) is 1.35. The van der Waals surface area contributed by atoms with Crippen LogP contribution in [-0.4, -0.2) is 12.4 Å². The first kappa shape index (κ1) is 10.5. The molecule has 3 heteroatoms. The van der Waals surface area contributed by atoms with E-state index in [1.165, 1.54) is 6.92 Å². The summed E-state index contributed by atoms with van der Waals surface area (Å²) in [7, 11) is 1.57. The van der Waals surface area contributed by atoms with Gasteiger partial charge in [0.2, 0.25) is 0 Å². The Kier molecular flexibility index (Phi) is 3.31. The molecule has 0 N–H and O–H groups in total. The summed E-state index contributed by atoms with van der Waals surface area (Å²) in [6, 6.07) is 7.05. The minimum Gasteiger partial charge on any atom is -0.497 e. The highest BCUT2D eigenvalue weighted by Crippen LogP contribution is 2.29. The van der Waals surface area contributed by atoms with E-state index in [0.717, 1.165) is 0 Å². The zero-order valence-electron chi connectivity index (χ0n) is 7.68. The molecule has 0 radical (unpaired) electrons. The van der Waals surface area contributed by atoms with Gasteiger partial charge < -0.3 is 4.74 Å². The predicted octanol–water partition coefficient (Wildman–Crippen LogP) is 3.27. The maximum atomic E-state index is 13.8. The van der Waals surface area contributed by atoms with Gasteiger partial charge in [-0.25, -0.2) is 4.39 Å². The van der Waals surface area contributed by atoms with Gasteiger partial charge in [0.05, 0.1) is 7.11 Å². The van der Waals surface area contributed by atoms with E-state index in [2.05, 4.69) is 15.9 Å². The Balaban J connectivity index is 3.01. The number of halogens is 2. The fourth-order valence-electron chi connectivity index (χ4n) is 1.02. The number of hydrogen-bond acceptors (Lipinski definition) is 1. The summed E-state index contributed by atoms with van der Waals surface area (Å²) in [6.45, 7) is 1.54. The molecule has 0 saturated heterocycles. The van der Waals surface area contributed by atoms with Crippen LogP contribution in [0.15, 0.2) is 24.3 Å². The molecule has 72 valence electrons. The highest BCUT2D eigenvalue weighted by molar-refractivity contribution is 9.09. The zero-order chi connectivity index (χ0) is 9.90. The van der Waals surface area contributed by atoms with Crippen LogP contribution in [0.5, 0.6) is 5.75 Å². The van der Waals surface area contributed by atoms with E-state index in [9.17, 15) is 4.39 Å². The average Bonchev–Trinajstić information content (AvgIpc) is 2.18. The molecule has 13 heavy (non-hydrogen) atoms. The quantitative estimate of drug-likeness (QED) is 0.745. The standard InChI is InChI=1S/C10H12BrFO/c1-10(12,7-11)8-4-3-5-9(6-8)13-2/h3-6H,7H2,1-2H3. The summed E-state index contributed by atoms with van der Waals surface area (Å²) in [5.74, 6) is 0.683. The van der Waals surface area contributed by atoms with Crippen molar-refractivity contribution in [3.63, 3.8) is 0 Å². The molecule has 0 bridgehead atoms. The molecule has 0 aliphatic heterocycles. The number of alkyl halides is 2. The summed E-state index contributed by atoms with van der Waals surface area (Å²) in [6.07, 6.45) is 0. The van der Waals surface area contributed by atoms with Gasteiger partial charge in [-0.3, -0.25) is 0 Å². The average molecular weight is 247 g/mol. The molecule has 0 aliphatic rings. The van der Waals surface area contributed by atoms with E-state index < -0.39 is 5.67 Å². The molecule has 0 fully saturated rings. The van der Waals surface area contributed by atoms with Gasteiger partial charge >= 0.3 is 0 Å². The number of ether oxygens (including phenoxy) is 1. The molecule has 1 unspecified atom stereocenters. The highest BCUT2D eigenvalue weighted by atomic mass is 79.9. The van der Waals surface area contributed by atoms with Crippen molar-refractivity contribution in [2.24, 2.45) is 0 Å². The van der Waals surface area contributed by atoms with Gasteiger partial charge in [0, 0.05) is 5.33 Å². The lowest BCUT2D eigenvalue weighted by Gasteiger charge is -2.18. The van der Waals surface area contributed by atoms with Crippen LogP contribution in [-0.2, 0) is 5.67 Å². The van der Waals surface area contributed by atoms with E-state index in [-0.39, 0.29) is 5.33 Å². The third-order valence-electron chi connectivity index (χ3n) is 1.92. The maximum absolute atomic E-state index is 13.8. The van der Waals surface area contributed by atoms with E-state index in [0.29, 0.717) is 11.3 Å². The minimum absolute atomic E-state index is 0.285. The second-order valence-corrected chi connectivity index (χ2v) is 3.62. The SMILES string of the molecule is COc1cccc(C(C)(F)CBr)c1. The Bertz CT molecular complexity index is 286. The van der Waals surface area contributed by atoms with Crippen LogP contribution in [0.1, 0.15) is 12.5 Å². The molecule has 0 aromatic heterocycles. The Hall–Kier alpha value is -0.570. The molecule has 0 spiro atoms. The van der Waals surface area contributed by atoms with Crippen LogP contribution >= 0.6 is 15.9 Å². The van der Waals surface area contributed by atoms with Gasteiger partial charge in [0.1, 0.15) is 11.4 Å². The van der Waals surface area contributed by atoms with Gasteiger partial charge in [-0.2, -0.15) is 0 Å². The van der Waals surface area contributed by atoms with Crippen molar-refractivity contribution in [2.75, 3.05) is 12.4 Å². The zero-order valence-corrected chi connectivity index (χ0v) is 9.27. The minimum atomic E-state index is -1.34. The van der Waals surface area contributed by atoms with Gasteiger partial charge in [0.25, 0.3) is 0 Å². The monoisotopic (exact) mass is 246 g/mol. The van der Waals surface area contributed by atoms with Crippen LogP contribution in [0.3, 0.4) is 0 Å². The normalized spacial score (nSPS) is 15.1. The van der Waals surface area contributed by atoms with Crippen molar-refractivity contribution in [1.82, 2.24) is 0 Å². The first-order valence-electron chi connectivity index (χ1n) is 3.99. The van der Waals surface area contributed by atoms with Crippen molar-refractivity contribution in [3.05, 3.63) is 29.8 Å². The highest BCUT2D eigenvalue weighted by Gasteiger charge is 2.24. The van der Waals surface area contributed by atoms with E-state index in [1.54, 1.807) is 31.4 Å². The first-order valence-corrected chi connectivity index (χ1v) is 5.12. The molecule has 0 aliphatic carbocycles. The summed E-state index contributed by atoms with van der Waals surface area (Å²) < 4.78 is 18.8. The van der Waals surface area contributed by atoms with Crippen LogP contribution in [0.2, 0.25) is 0 Å². The lowest BCUT2D eigenvalue weighted by molar-refractivity contribution is 0.229. The second kappa shape index (κ2) is 4.09. The molecule has 1 aromatic carbocycles. The molecule has 1 nitrogen and oxygen atoms in total. The van der Waals surface area contributed by atoms with Gasteiger partial charge in [-0.15, -0.1) is 0 Å².